The Morgan fingerprint density at radius 1 is 0.923 bits per heavy atom. The fraction of sp³-hybridized carbons (Fsp3) is 0.455. The minimum Gasteiger partial charge on any atom is -0.407 e. The van der Waals surface area contributed by atoms with Crippen molar-refractivity contribution in [1.29, 1.82) is 0 Å². The third-order valence-electron chi connectivity index (χ3n) is 5.09. The van der Waals surface area contributed by atoms with Crippen molar-refractivity contribution in [1.82, 2.24) is 0 Å². The second-order valence-electron chi connectivity index (χ2n) is 8.03. The van der Waals surface area contributed by atoms with Crippen LogP contribution in [0.1, 0.15) is 34.1 Å². The Bertz CT molecular complexity index is 613. The smallest absolute Gasteiger partial charge is 0.261 e. The summed E-state index contributed by atoms with van der Waals surface area (Å²) in [5.74, 6) is -0.141. The molecule has 0 bridgehead atoms. The van der Waals surface area contributed by atoms with Crippen LogP contribution in [-0.2, 0) is 4.43 Å². The number of benzene rings is 2. The molecule has 2 aromatic rings. The van der Waals surface area contributed by atoms with Crippen molar-refractivity contribution in [2.75, 3.05) is 13.2 Å². The van der Waals surface area contributed by atoms with Crippen LogP contribution in [0.5, 0.6) is 0 Å². The van der Waals surface area contributed by atoms with Gasteiger partial charge in [0.2, 0.25) is 0 Å². The Balaban J connectivity index is 2.41. The quantitative estimate of drug-likeness (QED) is 0.701. The predicted molar refractivity (Wildman–Crippen MR) is 110 cm³/mol. The second-order valence-corrected chi connectivity index (χ2v) is 12.3. The number of hydrogen-bond donors (Lipinski definition) is 2. The molecule has 0 aromatic heterocycles. The Kier molecular flexibility index (Phi) is 7.18. The van der Waals surface area contributed by atoms with Gasteiger partial charge in [-0.1, -0.05) is 88.4 Å². The Hall–Kier alpha value is -1.46. The molecule has 0 saturated heterocycles. The molecule has 26 heavy (non-hydrogen) atoms. The van der Waals surface area contributed by atoms with Crippen molar-refractivity contribution in [3.05, 3.63) is 60.7 Å². The molecule has 2 rings (SSSR count). The molecule has 3 nitrogen and oxygen atoms in total. The van der Waals surface area contributed by atoms with E-state index in [0.29, 0.717) is 13.0 Å². The van der Waals surface area contributed by atoms with Gasteiger partial charge in [-0.25, -0.2) is 0 Å². The topological polar surface area (TPSA) is 49.7 Å². The summed E-state index contributed by atoms with van der Waals surface area (Å²) in [5.41, 5.74) is 0. The van der Waals surface area contributed by atoms with Gasteiger partial charge in [-0.3, -0.25) is 0 Å². The summed E-state index contributed by atoms with van der Waals surface area (Å²) in [6, 6.07) is 21.0. The molecule has 2 aromatic carbocycles. The summed E-state index contributed by atoms with van der Waals surface area (Å²) in [5, 5.41) is 21.9. The minimum absolute atomic E-state index is 0.0135. The summed E-state index contributed by atoms with van der Waals surface area (Å²) < 4.78 is 6.73. The van der Waals surface area contributed by atoms with Gasteiger partial charge in [0.15, 0.2) is 0 Å². The number of aliphatic hydroxyl groups excluding tert-OH is 2. The highest BCUT2D eigenvalue weighted by molar-refractivity contribution is 6.99. The molecule has 0 amide bonds. The molecule has 0 unspecified atom stereocenters. The summed E-state index contributed by atoms with van der Waals surface area (Å²) in [6.07, 6.45) is -0.0371. The predicted octanol–water partition coefficient (Wildman–Crippen LogP) is 2.94. The largest absolute Gasteiger partial charge is 0.407 e. The van der Waals surface area contributed by atoms with Gasteiger partial charge >= 0.3 is 0 Å². The van der Waals surface area contributed by atoms with Crippen LogP contribution in [0, 0.1) is 5.92 Å². The molecule has 2 N–H and O–H groups in total. The Morgan fingerprint density at radius 2 is 1.38 bits per heavy atom. The first-order chi connectivity index (χ1) is 12.3. The average molecular weight is 373 g/mol. The number of aliphatic hydroxyl groups is 2. The third-order valence-corrected chi connectivity index (χ3v) is 10.1. The molecule has 0 heterocycles. The lowest BCUT2D eigenvalue weighted by atomic mass is 10.0. The van der Waals surface area contributed by atoms with Crippen molar-refractivity contribution in [3.63, 3.8) is 0 Å². The van der Waals surface area contributed by atoms with Crippen LogP contribution in [0.15, 0.2) is 60.7 Å². The normalized spacial score (nSPS) is 14.8. The summed E-state index contributed by atoms with van der Waals surface area (Å²) in [6.45, 7) is 9.04. The van der Waals surface area contributed by atoms with Gasteiger partial charge in [-0.2, -0.15) is 0 Å². The van der Waals surface area contributed by atoms with E-state index in [1.807, 2.05) is 19.1 Å². The molecular weight excluding hydrogens is 340 g/mol. The van der Waals surface area contributed by atoms with Gasteiger partial charge in [-0.05, 0) is 21.8 Å². The molecule has 0 aliphatic heterocycles. The maximum Gasteiger partial charge on any atom is 0.261 e. The maximum absolute atomic E-state index is 10.2. The highest BCUT2D eigenvalue weighted by Crippen LogP contribution is 2.36. The lowest BCUT2D eigenvalue weighted by Gasteiger charge is -2.43. The molecule has 0 saturated carbocycles. The van der Waals surface area contributed by atoms with Gasteiger partial charge in [0.1, 0.15) is 0 Å². The average Bonchev–Trinajstić information content (AvgIpc) is 2.64. The van der Waals surface area contributed by atoms with Crippen molar-refractivity contribution < 1.29 is 14.6 Å². The van der Waals surface area contributed by atoms with Gasteiger partial charge in [-0.15, -0.1) is 0 Å². The summed E-state index contributed by atoms with van der Waals surface area (Å²) in [4.78, 5) is 0. The van der Waals surface area contributed by atoms with E-state index < -0.39 is 14.4 Å². The van der Waals surface area contributed by atoms with Gasteiger partial charge in [0.25, 0.3) is 8.32 Å². The van der Waals surface area contributed by atoms with E-state index in [0.717, 1.165) is 0 Å². The standard InChI is InChI=1S/C22H32O3Si/c1-18(17-23)21(24)15-16-25-26(22(2,3)4,19-11-7-5-8-12-19)20-13-9-6-10-14-20/h5-14,18,21,23-24H,15-17H2,1-4H3/t18-,21+/m1/s1. The van der Waals surface area contributed by atoms with E-state index in [2.05, 4.69) is 69.3 Å². The second kappa shape index (κ2) is 8.96. The van der Waals surface area contributed by atoms with E-state index in [1.165, 1.54) is 10.4 Å². The van der Waals surface area contributed by atoms with Gasteiger partial charge in [0.05, 0.1) is 6.10 Å². The van der Waals surface area contributed by atoms with Crippen LogP contribution in [0.3, 0.4) is 0 Å². The van der Waals surface area contributed by atoms with Crippen LogP contribution in [0.2, 0.25) is 5.04 Å². The molecule has 0 spiro atoms. The Morgan fingerprint density at radius 3 is 1.77 bits per heavy atom. The molecule has 4 heteroatoms. The summed E-state index contributed by atoms with van der Waals surface area (Å²) in [7, 11) is -2.53. The molecular formula is C22H32O3Si. The van der Waals surface area contributed by atoms with Crippen LogP contribution in [0.4, 0.5) is 0 Å². The molecule has 2 atom stereocenters. The van der Waals surface area contributed by atoms with Crippen molar-refractivity contribution >= 4 is 18.7 Å². The lowest BCUT2D eigenvalue weighted by Crippen LogP contribution is -2.66. The minimum atomic E-state index is -2.53. The zero-order chi connectivity index (χ0) is 19.2. The molecule has 0 radical (unpaired) electrons. The Labute approximate surface area is 158 Å². The maximum atomic E-state index is 10.2. The number of hydrogen-bond acceptors (Lipinski definition) is 3. The lowest BCUT2D eigenvalue weighted by molar-refractivity contribution is 0.0581. The zero-order valence-corrected chi connectivity index (χ0v) is 17.4. The summed E-state index contributed by atoms with van der Waals surface area (Å²) >= 11 is 0. The van der Waals surface area contributed by atoms with Crippen LogP contribution in [0.25, 0.3) is 0 Å². The highest BCUT2D eigenvalue weighted by Gasteiger charge is 2.50. The number of rotatable bonds is 8. The van der Waals surface area contributed by atoms with Crippen molar-refractivity contribution in [2.45, 2.75) is 45.3 Å². The highest BCUT2D eigenvalue weighted by atomic mass is 28.4. The first-order valence-corrected chi connectivity index (χ1v) is 11.3. The van der Waals surface area contributed by atoms with E-state index in [9.17, 15) is 10.2 Å². The van der Waals surface area contributed by atoms with Crippen molar-refractivity contribution in [2.24, 2.45) is 5.92 Å². The monoisotopic (exact) mass is 372 g/mol. The van der Waals surface area contributed by atoms with Crippen LogP contribution in [-0.4, -0.2) is 37.8 Å². The van der Waals surface area contributed by atoms with E-state index in [1.54, 1.807) is 0 Å². The molecule has 0 aliphatic rings. The fourth-order valence-electron chi connectivity index (χ4n) is 3.50. The van der Waals surface area contributed by atoms with Gasteiger partial charge < -0.3 is 14.6 Å². The SMILES string of the molecule is C[C@H](CO)[C@@H](O)CCO[Si](c1ccccc1)(c1ccccc1)C(C)(C)C. The van der Waals surface area contributed by atoms with E-state index >= 15 is 0 Å². The first kappa shape index (κ1) is 20.8. The molecule has 0 fully saturated rings. The first-order valence-electron chi connectivity index (χ1n) is 9.37. The molecule has 142 valence electrons. The van der Waals surface area contributed by atoms with Crippen LogP contribution < -0.4 is 10.4 Å². The third kappa shape index (κ3) is 4.44. The molecule has 0 aliphatic carbocycles. The van der Waals surface area contributed by atoms with Crippen molar-refractivity contribution in [3.8, 4) is 0 Å². The fourth-order valence-corrected chi connectivity index (χ4v) is 8.08. The van der Waals surface area contributed by atoms with E-state index in [-0.39, 0.29) is 17.6 Å². The van der Waals surface area contributed by atoms with Crippen LogP contribution >= 0.6 is 0 Å². The zero-order valence-electron chi connectivity index (χ0n) is 16.4. The van der Waals surface area contributed by atoms with Gasteiger partial charge in [0, 0.05) is 19.1 Å². The van der Waals surface area contributed by atoms with E-state index in [4.69, 9.17) is 4.43 Å².